The van der Waals surface area contributed by atoms with E-state index in [1.54, 1.807) is 103 Å². The van der Waals surface area contributed by atoms with Crippen molar-refractivity contribution >= 4 is 103 Å². The number of likely N-dealkylation sites (tertiary alicyclic amines) is 3. The lowest BCUT2D eigenvalue weighted by atomic mass is 9.97. The van der Waals surface area contributed by atoms with E-state index in [9.17, 15) is 61.1 Å². The van der Waals surface area contributed by atoms with Gasteiger partial charge in [0.25, 0.3) is 11.8 Å². The number of methoxy groups -OCH3 is 2. The van der Waals surface area contributed by atoms with Gasteiger partial charge in [-0.3, -0.25) is 53.0 Å². The summed E-state index contributed by atoms with van der Waals surface area (Å²) >= 11 is 0. The minimum atomic E-state index is -0.632. The van der Waals surface area contributed by atoms with Crippen molar-refractivity contribution in [2.45, 2.75) is 85.0 Å². The molecule has 582 valence electrons. The zero-order valence-electron chi connectivity index (χ0n) is 63.5. The van der Waals surface area contributed by atoms with Gasteiger partial charge in [-0.15, -0.1) is 0 Å². The largest absolute Gasteiger partial charge is 0.497 e. The number of aromatic nitrogens is 4. The number of fused-ring (bicyclic) bond motifs is 4. The number of amides is 9. The molecule has 0 bridgehead atoms. The number of hydrogen-bond acceptors (Lipinski definition) is 16. The monoisotopic (exact) mass is 1550 g/mol. The molecule has 115 heavy (non-hydrogen) atoms. The Labute approximate surface area is 658 Å². The van der Waals surface area contributed by atoms with Crippen LogP contribution in [0, 0.1) is 17.5 Å². The molecule has 0 atom stereocenters. The zero-order valence-corrected chi connectivity index (χ0v) is 63.5. The number of Topliss-reactive ketones (excluding diaryl/α,β-unsaturated/α-hetero) is 2. The molecule has 9 amide bonds. The number of rotatable bonds is 18. The molecule has 12 aromatic rings. The van der Waals surface area contributed by atoms with E-state index in [0.29, 0.717) is 88.2 Å². The van der Waals surface area contributed by atoms with Crippen molar-refractivity contribution in [2.75, 3.05) is 40.9 Å². The molecule has 0 saturated carbocycles. The van der Waals surface area contributed by atoms with Crippen LogP contribution in [0.5, 0.6) is 11.5 Å². The van der Waals surface area contributed by atoms with E-state index >= 15 is 0 Å². The molecule has 4 aliphatic heterocycles. The minimum absolute atomic E-state index is 0.00839. The number of ether oxygens (including phenoxy) is 2. The molecule has 0 radical (unpaired) electrons. The normalized spacial score (nSPS) is 14.1. The van der Waals surface area contributed by atoms with Crippen LogP contribution in [0.15, 0.2) is 188 Å². The summed E-state index contributed by atoms with van der Waals surface area (Å²) in [6.45, 7) is 6.35. The molecule has 4 aliphatic rings. The van der Waals surface area contributed by atoms with Crippen LogP contribution < -0.4 is 20.9 Å². The fraction of sp³-hybridized carbons (Fsp3) is 0.213. The molecule has 4 saturated heterocycles. The second-order valence-corrected chi connectivity index (χ2v) is 28.2. The van der Waals surface area contributed by atoms with E-state index < -0.39 is 17.6 Å². The van der Waals surface area contributed by atoms with Gasteiger partial charge in [0.2, 0.25) is 29.5 Å². The Balaban J connectivity index is 0.000000134. The number of nitrogens with two attached hydrogens (primary N) is 2. The van der Waals surface area contributed by atoms with Gasteiger partial charge in [0.15, 0.2) is 11.6 Å². The van der Waals surface area contributed by atoms with Crippen LogP contribution in [0.2, 0.25) is 0 Å². The number of imide groups is 2. The predicted molar refractivity (Wildman–Crippen MR) is 426 cm³/mol. The lowest BCUT2D eigenvalue weighted by Gasteiger charge is -2.26. The van der Waals surface area contributed by atoms with Crippen LogP contribution in [0.25, 0.3) is 88.1 Å². The van der Waals surface area contributed by atoms with E-state index in [1.165, 1.54) is 61.1 Å². The molecule has 8 heterocycles. The highest BCUT2D eigenvalue weighted by molar-refractivity contribution is 6.07. The number of halogens is 3. The van der Waals surface area contributed by atoms with Gasteiger partial charge in [0.1, 0.15) is 51.7 Å². The number of carbonyl (C=O) groups excluding carboxylic acids is 10. The molecule has 23 nitrogen and oxygen atoms in total. The van der Waals surface area contributed by atoms with Gasteiger partial charge in [0.05, 0.1) is 49.4 Å². The maximum atomic E-state index is 14.8. The maximum absolute atomic E-state index is 14.8. The van der Waals surface area contributed by atoms with Crippen molar-refractivity contribution in [1.82, 2.24) is 44.4 Å². The number of pyridine rings is 4. The molecule has 4 N–H and O–H groups in total. The molecular formula is C89H78F3N11O12. The van der Waals surface area contributed by atoms with E-state index in [4.69, 9.17) is 20.9 Å². The van der Waals surface area contributed by atoms with Crippen molar-refractivity contribution in [3.05, 3.63) is 251 Å². The van der Waals surface area contributed by atoms with Gasteiger partial charge in [-0.1, -0.05) is 84.9 Å². The molecule has 26 heteroatoms. The van der Waals surface area contributed by atoms with Crippen molar-refractivity contribution in [3.63, 3.8) is 0 Å². The quantitative estimate of drug-likeness (QED) is 0.0596. The third kappa shape index (κ3) is 18.0. The van der Waals surface area contributed by atoms with Crippen LogP contribution in [0.3, 0.4) is 0 Å². The highest BCUT2D eigenvalue weighted by Crippen LogP contribution is 2.37. The molecule has 4 aromatic heterocycles. The molecule has 8 aromatic carbocycles. The summed E-state index contributed by atoms with van der Waals surface area (Å²) in [6, 6.07) is 53.3. The number of carbonyl (C=O) groups is 10. The smallest absolute Gasteiger partial charge is 0.320 e. The molecule has 0 spiro atoms. The molecular weight excluding hydrogens is 1470 g/mol. The second kappa shape index (κ2) is 34.4. The number of benzene rings is 8. The number of piperidine rings is 1. The standard InChI is InChI=1S/C23H19FN2O4.C23H20N2O4.C22H20FN3O2.C21H19FN4O2/c1-13(27)20-11-18(16-6-4-15(30-2)10-19(16)24)17-5-3-14(9-21(17)25-20)12-26-22(28)7-8-23(26)29;1-14(26)20-12-19(16-4-6-17(29-2)7-5-16)18-8-3-15(11-21(18)24-20)13-25-22(27)9-10-23(25)28;23-16-7-5-15(6-8-16)18-12-20(22(24)28)25-19-11-14(4-9-17(18)19)13-26-10-2-1-3-21(26)27;1-25-8-9-26(21(25)28)12-13-2-7-16-17(14-3-5-15(22)6-4-14)11-19(20(23)27)24-18(16)10-13/h3-6,9-11H,7-8,12H2,1-2H3;3-8,11-12H,9-10,13H2,1-2H3;4-9,11-12H,1-3,10,13H2,(H2,24,28);2-7,10-11H,8-9,12H2,1H3,(H2,23,27). The minimum Gasteiger partial charge on any atom is -0.497 e. The van der Waals surface area contributed by atoms with Gasteiger partial charge in [-0.05, 0) is 171 Å². The second-order valence-electron chi connectivity index (χ2n) is 28.2. The first-order valence-corrected chi connectivity index (χ1v) is 37.1. The summed E-state index contributed by atoms with van der Waals surface area (Å²) < 4.78 is 51.7. The van der Waals surface area contributed by atoms with Crippen LogP contribution in [-0.2, 0) is 50.2 Å². The average molecular weight is 1550 g/mol. The Morgan fingerprint density at radius 3 is 1.11 bits per heavy atom. The van der Waals surface area contributed by atoms with Crippen LogP contribution in [0.1, 0.15) is 123 Å². The van der Waals surface area contributed by atoms with E-state index in [2.05, 4.69) is 19.9 Å². The maximum Gasteiger partial charge on any atom is 0.320 e. The highest BCUT2D eigenvalue weighted by atomic mass is 19.1. The topological polar surface area (TPSA) is 309 Å². The van der Waals surface area contributed by atoms with Crippen molar-refractivity contribution in [3.8, 4) is 56.0 Å². The first kappa shape index (κ1) is 79.2. The fourth-order valence-corrected chi connectivity index (χ4v) is 14.2. The SMILES string of the molecule is CN1CCN(Cc2ccc3c(-c4ccc(F)cc4)cc(C(N)=O)nc3c2)C1=O.COc1ccc(-c2cc(C(C)=O)nc3cc(CN4C(=O)CCC4=O)ccc23)c(F)c1.COc1ccc(-c2cc(C(C)=O)nc3cc(CN4C(=O)CCC4=O)ccc23)cc1.NC(=O)c1cc(-c2ccc(F)cc2)c2ccc(CN3CCCCC3=O)cc2n1. The number of likely N-dealkylation sites (N-methyl/N-ethyl adjacent to an activating group) is 1. The van der Waals surface area contributed by atoms with Gasteiger partial charge in [0, 0.05) is 119 Å². The summed E-state index contributed by atoms with van der Waals surface area (Å²) in [7, 11) is 4.85. The number of urea groups is 1. The average Bonchev–Trinajstić information content (AvgIpc) is 1.07. The van der Waals surface area contributed by atoms with E-state index in [-0.39, 0.29) is 115 Å². The van der Waals surface area contributed by atoms with Crippen LogP contribution in [-0.4, -0.2) is 144 Å². The van der Waals surface area contributed by atoms with Gasteiger partial charge in [-0.2, -0.15) is 0 Å². The highest BCUT2D eigenvalue weighted by Gasteiger charge is 2.31. The van der Waals surface area contributed by atoms with E-state index in [1.807, 2.05) is 83.8 Å². The van der Waals surface area contributed by atoms with Gasteiger partial charge >= 0.3 is 6.03 Å². The van der Waals surface area contributed by atoms with Crippen molar-refractivity contribution in [2.24, 2.45) is 11.5 Å². The van der Waals surface area contributed by atoms with Crippen LogP contribution in [0.4, 0.5) is 18.0 Å². The fourth-order valence-electron chi connectivity index (χ4n) is 14.2. The summed E-state index contributed by atoms with van der Waals surface area (Å²) in [5, 5.41) is 3.21. The Hall–Kier alpha value is -13.9. The van der Waals surface area contributed by atoms with Gasteiger partial charge in [-0.25, -0.2) is 37.9 Å². The van der Waals surface area contributed by atoms with Gasteiger partial charge < -0.3 is 35.6 Å². The predicted octanol–water partition coefficient (Wildman–Crippen LogP) is 14.3. The Kier molecular flexibility index (Phi) is 23.7. The first-order valence-electron chi connectivity index (χ1n) is 37.1. The summed E-state index contributed by atoms with van der Waals surface area (Å²) in [5.41, 5.74) is 23.3. The Bertz CT molecular complexity index is 5750. The van der Waals surface area contributed by atoms with Crippen LogP contribution >= 0.6 is 0 Å². The molecule has 4 fully saturated rings. The number of ketones is 2. The first-order chi connectivity index (χ1) is 55.3. The lowest BCUT2D eigenvalue weighted by Crippen LogP contribution is -2.34. The Morgan fingerprint density at radius 1 is 0.374 bits per heavy atom. The number of primary amides is 2. The van der Waals surface area contributed by atoms with Crippen molar-refractivity contribution in [1.29, 1.82) is 0 Å². The summed E-state index contributed by atoms with van der Waals surface area (Å²) in [5.74, 6) is -2.17. The van der Waals surface area contributed by atoms with E-state index in [0.717, 1.165) is 91.4 Å². The lowest BCUT2D eigenvalue weighted by molar-refractivity contribution is -0.140. The zero-order chi connectivity index (χ0) is 81.5. The van der Waals surface area contributed by atoms with Crippen molar-refractivity contribution < 1.29 is 70.6 Å². The third-order valence-electron chi connectivity index (χ3n) is 20.4. The summed E-state index contributed by atoms with van der Waals surface area (Å²) in [4.78, 5) is 145. The Morgan fingerprint density at radius 2 is 0.739 bits per heavy atom. The molecule has 0 unspecified atom stereocenters. The molecule has 0 aliphatic carbocycles. The third-order valence-corrected chi connectivity index (χ3v) is 20.4. The summed E-state index contributed by atoms with van der Waals surface area (Å²) in [6.07, 6.45) is 3.52. The molecule has 16 rings (SSSR count). The number of nitrogens with zero attached hydrogens (tertiary/aromatic N) is 9. The number of hydrogen-bond donors (Lipinski definition) is 2.